The van der Waals surface area contributed by atoms with Crippen molar-refractivity contribution < 1.29 is 14.0 Å². The molecular formula is C13H15FN2O2. The lowest BCUT2D eigenvalue weighted by atomic mass is 10.1. The number of amides is 2. The predicted molar refractivity (Wildman–Crippen MR) is 66.0 cm³/mol. The van der Waals surface area contributed by atoms with Gasteiger partial charge in [0.1, 0.15) is 11.9 Å². The van der Waals surface area contributed by atoms with Gasteiger partial charge >= 0.3 is 0 Å². The van der Waals surface area contributed by atoms with Crippen molar-refractivity contribution in [2.24, 2.45) is 5.73 Å². The Balaban J connectivity index is 2.60. The molecule has 1 aromatic rings. The summed E-state index contributed by atoms with van der Waals surface area (Å²) in [7, 11) is 0. The van der Waals surface area contributed by atoms with Gasteiger partial charge in [-0.3, -0.25) is 9.59 Å². The second-order valence-corrected chi connectivity index (χ2v) is 3.85. The molecular weight excluding hydrogens is 235 g/mol. The van der Waals surface area contributed by atoms with Gasteiger partial charge in [-0.25, -0.2) is 4.39 Å². The van der Waals surface area contributed by atoms with Crippen molar-refractivity contribution in [1.29, 1.82) is 0 Å². The van der Waals surface area contributed by atoms with Gasteiger partial charge in [-0.15, -0.1) is 6.58 Å². The molecule has 0 radical (unpaired) electrons. The summed E-state index contributed by atoms with van der Waals surface area (Å²) in [6.45, 7) is 3.48. The number of nitrogens with one attached hydrogen (secondary N) is 1. The molecule has 0 aromatic heterocycles. The first kappa shape index (κ1) is 13.9. The Morgan fingerprint density at radius 1 is 1.50 bits per heavy atom. The van der Waals surface area contributed by atoms with Crippen LogP contribution >= 0.6 is 0 Å². The van der Waals surface area contributed by atoms with E-state index in [0.29, 0.717) is 5.56 Å². The molecule has 0 saturated heterocycles. The number of carbonyl (C=O) groups excluding carboxylic acids is 2. The van der Waals surface area contributed by atoms with Crippen LogP contribution in [0.5, 0.6) is 0 Å². The van der Waals surface area contributed by atoms with E-state index >= 15 is 0 Å². The van der Waals surface area contributed by atoms with Crippen LogP contribution in [0.2, 0.25) is 0 Å². The lowest BCUT2D eigenvalue weighted by Gasteiger charge is -2.13. The molecule has 1 rings (SSSR count). The van der Waals surface area contributed by atoms with Gasteiger partial charge in [-0.05, 0) is 24.1 Å². The second kappa shape index (κ2) is 6.54. The maximum atomic E-state index is 12.9. The average Bonchev–Trinajstić information content (AvgIpc) is 2.28. The smallest absolute Gasteiger partial charge is 0.240 e. The van der Waals surface area contributed by atoms with E-state index in [0.717, 1.165) is 0 Å². The van der Waals surface area contributed by atoms with Gasteiger partial charge in [0, 0.05) is 0 Å². The van der Waals surface area contributed by atoms with Crippen LogP contribution in [0.25, 0.3) is 0 Å². The van der Waals surface area contributed by atoms with Crippen molar-refractivity contribution in [3.8, 4) is 0 Å². The maximum Gasteiger partial charge on any atom is 0.240 e. The summed E-state index contributed by atoms with van der Waals surface area (Å²) in [5.41, 5.74) is 5.66. The SMILES string of the molecule is C=CC[C@@H](NC(=O)Cc1cccc(F)c1)C(N)=O. The number of hydrogen-bond acceptors (Lipinski definition) is 2. The minimum atomic E-state index is -0.774. The number of carbonyl (C=O) groups is 2. The Bertz CT molecular complexity index is 460. The van der Waals surface area contributed by atoms with Crippen LogP contribution in [0, 0.1) is 5.82 Å². The molecule has 4 nitrogen and oxygen atoms in total. The molecule has 0 aliphatic carbocycles. The lowest BCUT2D eigenvalue weighted by Crippen LogP contribution is -2.44. The molecule has 0 aliphatic rings. The summed E-state index contributed by atoms with van der Waals surface area (Å²) in [6.07, 6.45) is 1.76. The number of halogens is 1. The van der Waals surface area contributed by atoms with Crippen molar-refractivity contribution in [2.45, 2.75) is 18.9 Å². The Hall–Kier alpha value is -2.17. The fourth-order valence-corrected chi connectivity index (χ4v) is 1.49. The van der Waals surface area contributed by atoms with E-state index in [4.69, 9.17) is 5.73 Å². The summed E-state index contributed by atoms with van der Waals surface area (Å²) >= 11 is 0. The third kappa shape index (κ3) is 4.37. The van der Waals surface area contributed by atoms with E-state index in [-0.39, 0.29) is 18.7 Å². The van der Waals surface area contributed by atoms with Gasteiger partial charge in [0.25, 0.3) is 0 Å². The van der Waals surface area contributed by atoms with E-state index in [9.17, 15) is 14.0 Å². The molecule has 96 valence electrons. The first-order valence-electron chi connectivity index (χ1n) is 5.47. The molecule has 0 spiro atoms. The molecule has 1 atom stereocenters. The van der Waals surface area contributed by atoms with Gasteiger partial charge in [0.2, 0.25) is 11.8 Å². The molecule has 0 aliphatic heterocycles. The number of rotatable bonds is 6. The van der Waals surface area contributed by atoms with E-state index in [1.807, 2.05) is 0 Å². The van der Waals surface area contributed by atoms with Gasteiger partial charge in [0.05, 0.1) is 6.42 Å². The predicted octanol–water partition coefficient (Wildman–Crippen LogP) is 0.914. The Morgan fingerprint density at radius 3 is 2.78 bits per heavy atom. The highest BCUT2D eigenvalue weighted by molar-refractivity contribution is 5.87. The van der Waals surface area contributed by atoms with Crippen molar-refractivity contribution in [1.82, 2.24) is 5.32 Å². The van der Waals surface area contributed by atoms with Gasteiger partial charge in [-0.2, -0.15) is 0 Å². The standard InChI is InChI=1S/C13H15FN2O2/c1-2-4-11(13(15)18)16-12(17)8-9-5-3-6-10(14)7-9/h2-3,5-7,11H,1,4,8H2,(H2,15,18)(H,16,17)/t11-/m1/s1. The molecule has 18 heavy (non-hydrogen) atoms. The van der Waals surface area contributed by atoms with Gasteiger partial charge in [0.15, 0.2) is 0 Å². The summed E-state index contributed by atoms with van der Waals surface area (Å²) in [4.78, 5) is 22.7. The Labute approximate surface area is 105 Å². The highest BCUT2D eigenvalue weighted by Crippen LogP contribution is 2.04. The topological polar surface area (TPSA) is 72.2 Å². The highest BCUT2D eigenvalue weighted by Gasteiger charge is 2.16. The zero-order valence-corrected chi connectivity index (χ0v) is 9.86. The third-order valence-electron chi connectivity index (χ3n) is 2.33. The van der Waals surface area contributed by atoms with Crippen molar-refractivity contribution in [2.75, 3.05) is 0 Å². The molecule has 1 aromatic carbocycles. The molecule has 0 heterocycles. The zero-order chi connectivity index (χ0) is 13.5. The summed E-state index contributed by atoms with van der Waals surface area (Å²) in [5.74, 6) is -1.41. The molecule has 0 saturated carbocycles. The lowest BCUT2D eigenvalue weighted by molar-refractivity contribution is -0.126. The fraction of sp³-hybridized carbons (Fsp3) is 0.231. The molecule has 3 N–H and O–H groups in total. The monoisotopic (exact) mass is 250 g/mol. The summed E-state index contributed by atoms with van der Waals surface area (Å²) < 4.78 is 12.9. The van der Waals surface area contributed by atoms with Crippen LogP contribution in [0.3, 0.4) is 0 Å². The summed E-state index contributed by atoms with van der Waals surface area (Å²) in [5, 5.41) is 2.48. The molecule has 0 unspecified atom stereocenters. The average molecular weight is 250 g/mol. The van der Waals surface area contributed by atoms with Crippen molar-refractivity contribution in [3.05, 3.63) is 48.3 Å². The van der Waals surface area contributed by atoms with Crippen molar-refractivity contribution >= 4 is 11.8 Å². The normalized spacial score (nSPS) is 11.6. The van der Waals surface area contributed by atoms with E-state index in [2.05, 4.69) is 11.9 Å². The quantitative estimate of drug-likeness (QED) is 0.737. The number of hydrogen-bond donors (Lipinski definition) is 2. The van der Waals surface area contributed by atoms with E-state index in [1.165, 1.54) is 24.3 Å². The Kier molecular flexibility index (Phi) is 5.05. The third-order valence-corrected chi connectivity index (χ3v) is 2.33. The highest BCUT2D eigenvalue weighted by atomic mass is 19.1. The van der Waals surface area contributed by atoms with Gasteiger partial charge in [-0.1, -0.05) is 18.2 Å². The number of primary amides is 1. The van der Waals surface area contributed by atoms with Crippen LogP contribution < -0.4 is 11.1 Å². The van der Waals surface area contributed by atoms with Gasteiger partial charge < -0.3 is 11.1 Å². The zero-order valence-electron chi connectivity index (χ0n) is 9.86. The van der Waals surface area contributed by atoms with Crippen molar-refractivity contribution in [3.63, 3.8) is 0 Å². The minimum absolute atomic E-state index is 0.00131. The molecule has 2 amide bonds. The van der Waals surface area contributed by atoms with Crippen LogP contribution in [0.15, 0.2) is 36.9 Å². The van der Waals surface area contributed by atoms with Crippen LogP contribution in [-0.4, -0.2) is 17.9 Å². The first-order valence-corrected chi connectivity index (χ1v) is 5.47. The largest absolute Gasteiger partial charge is 0.368 e. The minimum Gasteiger partial charge on any atom is -0.368 e. The molecule has 5 heteroatoms. The van der Waals surface area contributed by atoms with Crippen LogP contribution in [-0.2, 0) is 16.0 Å². The van der Waals surface area contributed by atoms with Crippen LogP contribution in [0.1, 0.15) is 12.0 Å². The fourth-order valence-electron chi connectivity index (χ4n) is 1.49. The van der Waals surface area contributed by atoms with Crippen LogP contribution in [0.4, 0.5) is 4.39 Å². The summed E-state index contributed by atoms with van der Waals surface area (Å²) in [6, 6.07) is 4.95. The number of benzene rings is 1. The van der Waals surface area contributed by atoms with E-state index < -0.39 is 17.8 Å². The number of nitrogens with two attached hydrogens (primary N) is 1. The molecule has 0 bridgehead atoms. The van der Waals surface area contributed by atoms with E-state index in [1.54, 1.807) is 6.07 Å². The molecule has 0 fully saturated rings. The second-order valence-electron chi connectivity index (χ2n) is 3.85. The first-order chi connectivity index (χ1) is 8.52. The maximum absolute atomic E-state index is 12.9. The Morgan fingerprint density at radius 2 is 2.22 bits per heavy atom.